The van der Waals surface area contributed by atoms with Crippen molar-refractivity contribution in [1.82, 2.24) is 15.5 Å². The fourth-order valence-corrected chi connectivity index (χ4v) is 3.59. The lowest BCUT2D eigenvalue weighted by Gasteiger charge is -2.21. The predicted molar refractivity (Wildman–Crippen MR) is 111 cm³/mol. The van der Waals surface area contributed by atoms with E-state index in [1.165, 1.54) is 12.1 Å². The molecular formula is C23H18FN3O4. The Morgan fingerprint density at radius 2 is 1.94 bits per heavy atom. The summed E-state index contributed by atoms with van der Waals surface area (Å²) in [6.45, 7) is 2.96. The number of ether oxygens (including phenoxy) is 2. The summed E-state index contributed by atoms with van der Waals surface area (Å²) in [5.74, 6) is 0.645. The zero-order valence-electron chi connectivity index (χ0n) is 16.6. The number of aromatic nitrogens is 2. The first-order chi connectivity index (χ1) is 15.1. The molecule has 1 amide bonds. The average Bonchev–Trinajstić information content (AvgIpc) is 3.18. The Morgan fingerprint density at radius 3 is 2.77 bits per heavy atom. The molecule has 0 bridgehead atoms. The van der Waals surface area contributed by atoms with Crippen LogP contribution in [-0.4, -0.2) is 29.3 Å². The van der Waals surface area contributed by atoms with Crippen LogP contribution in [0.1, 0.15) is 21.6 Å². The molecular weight excluding hydrogens is 401 g/mol. The highest BCUT2D eigenvalue weighted by Gasteiger charge is 2.21. The maximum atomic E-state index is 13.3. The molecule has 0 spiro atoms. The third-order valence-electron chi connectivity index (χ3n) is 5.09. The Balaban J connectivity index is 1.48. The Labute approximate surface area is 176 Å². The van der Waals surface area contributed by atoms with Gasteiger partial charge < -0.3 is 19.3 Å². The van der Waals surface area contributed by atoms with Crippen molar-refractivity contribution in [2.75, 3.05) is 13.2 Å². The number of pyridine rings is 1. The van der Waals surface area contributed by atoms with Gasteiger partial charge in [0.1, 0.15) is 19.0 Å². The molecule has 0 saturated carbocycles. The van der Waals surface area contributed by atoms with E-state index in [1.54, 1.807) is 25.1 Å². The number of nitrogens with one attached hydrogen (secondary N) is 1. The number of fused-ring (bicyclic) bond motifs is 2. The monoisotopic (exact) mass is 419 g/mol. The number of hydrogen-bond donors (Lipinski definition) is 1. The summed E-state index contributed by atoms with van der Waals surface area (Å²) in [6.07, 6.45) is 0. The van der Waals surface area contributed by atoms with Gasteiger partial charge in [-0.25, -0.2) is 9.37 Å². The molecule has 2 aromatic carbocycles. The Morgan fingerprint density at radius 1 is 1.13 bits per heavy atom. The van der Waals surface area contributed by atoms with Crippen molar-refractivity contribution in [3.63, 3.8) is 0 Å². The highest BCUT2D eigenvalue weighted by molar-refractivity contribution is 6.07. The lowest BCUT2D eigenvalue weighted by Crippen LogP contribution is -2.24. The molecule has 31 heavy (non-hydrogen) atoms. The molecule has 0 radical (unpaired) electrons. The van der Waals surface area contributed by atoms with E-state index in [4.69, 9.17) is 14.0 Å². The zero-order chi connectivity index (χ0) is 21.4. The molecule has 156 valence electrons. The third kappa shape index (κ3) is 3.56. The van der Waals surface area contributed by atoms with Crippen LogP contribution in [-0.2, 0) is 6.54 Å². The van der Waals surface area contributed by atoms with Crippen LogP contribution in [0, 0.1) is 12.7 Å². The van der Waals surface area contributed by atoms with Crippen molar-refractivity contribution in [1.29, 1.82) is 0 Å². The highest BCUT2D eigenvalue weighted by Crippen LogP contribution is 2.33. The molecule has 1 N–H and O–H groups in total. The largest absolute Gasteiger partial charge is 0.486 e. The topological polar surface area (TPSA) is 86.5 Å². The van der Waals surface area contributed by atoms with E-state index in [-0.39, 0.29) is 24.0 Å². The van der Waals surface area contributed by atoms with Crippen LogP contribution in [0.5, 0.6) is 11.5 Å². The number of para-hydroxylation sites is 1. The van der Waals surface area contributed by atoms with Gasteiger partial charge in [-0.2, -0.15) is 0 Å². The number of nitrogens with zero attached hydrogens (tertiary/aromatic N) is 2. The number of hydrogen-bond acceptors (Lipinski definition) is 6. The fraction of sp³-hybridized carbons (Fsp3) is 0.174. The van der Waals surface area contributed by atoms with E-state index in [0.717, 1.165) is 5.56 Å². The summed E-state index contributed by atoms with van der Waals surface area (Å²) in [6, 6.07) is 13.1. The molecule has 1 aliphatic heterocycles. The second kappa shape index (κ2) is 7.71. The summed E-state index contributed by atoms with van der Waals surface area (Å²) in [7, 11) is 0. The fourth-order valence-electron chi connectivity index (χ4n) is 3.59. The maximum Gasteiger partial charge on any atom is 0.259 e. The number of carbonyl (C=O) groups excluding carboxylic acids is 1. The molecule has 0 unspecified atom stereocenters. The Bertz CT molecular complexity index is 1280. The Hall–Kier alpha value is -3.94. The number of carbonyl (C=O) groups is 1. The van der Waals surface area contributed by atoms with E-state index in [1.807, 2.05) is 18.2 Å². The minimum Gasteiger partial charge on any atom is -0.486 e. The van der Waals surface area contributed by atoms with E-state index < -0.39 is 0 Å². The molecule has 2 aromatic heterocycles. The summed E-state index contributed by atoms with van der Waals surface area (Å²) < 4.78 is 29.9. The van der Waals surface area contributed by atoms with Gasteiger partial charge in [0.25, 0.3) is 11.6 Å². The number of benzene rings is 2. The van der Waals surface area contributed by atoms with Crippen LogP contribution in [0.3, 0.4) is 0 Å². The maximum absolute atomic E-state index is 13.3. The highest BCUT2D eigenvalue weighted by atomic mass is 19.1. The van der Waals surface area contributed by atoms with Gasteiger partial charge in [0.2, 0.25) is 0 Å². The van der Waals surface area contributed by atoms with Crippen LogP contribution < -0.4 is 14.8 Å². The first-order valence-electron chi connectivity index (χ1n) is 9.79. The van der Waals surface area contributed by atoms with E-state index in [9.17, 15) is 9.18 Å². The normalized spacial score (nSPS) is 12.7. The quantitative estimate of drug-likeness (QED) is 0.537. The molecule has 0 saturated heterocycles. The summed E-state index contributed by atoms with van der Waals surface area (Å²) in [4.78, 5) is 17.6. The van der Waals surface area contributed by atoms with Crippen molar-refractivity contribution < 1.29 is 23.2 Å². The van der Waals surface area contributed by atoms with Crippen molar-refractivity contribution in [3.05, 3.63) is 71.2 Å². The Kier molecular flexibility index (Phi) is 4.74. The van der Waals surface area contributed by atoms with Crippen LogP contribution in [0.25, 0.3) is 22.4 Å². The molecule has 4 aromatic rings. The van der Waals surface area contributed by atoms with Gasteiger partial charge in [-0.3, -0.25) is 4.79 Å². The van der Waals surface area contributed by atoms with E-state index in [2.05, 4.69) is 15.5 Å². The van der Waals surface area contributed by atoms with Gasteiger partial charge in [0, 0.05) is 17.7 Å². The molecule has 0 atom stereocenters. The lowest BCUT2D eigenvalue weighted by molar-refractivity contribution is 0.0951. The number of rotatable bonds is 4. The van der Waals surface area contributed by atoms with Crippen molar-refractivity contribution >= 4 is 17.0 Å². The lowest BCUT2D eigenvalue weighted by atomic mass is 10.0. The predicted octanol–water partition coefficient (Wildman–Crippen LogP) is 4.04. The van der Waals surface area contributed by atoms with Gasteiger partial charge >= 0.3 is 0 Å². The number of halogens is 1. The first-order valence-corrected chi connectivity index (χ1v) is 9.79. The zero-order valence-corrected chi connectivity index (χ0v) is 16.6. The number of amides is 1. The molecule has 0 aliphatic carbocycles. The second-order valence-electron chi connectivity index (χ2n) is 7.13. The molecule has 1 aliphatic rings. The average molecular weight is 419 g/mol. The third-order valence-corrected chi connectivity index (χ3v) is 5.09. The van der Waals surface area contributed by atoms with E-state index >= 15 is 0 Å². The van der Waals surface area contributed by atoms with Crippen molar-refractivity contribution in [2.45, 2.75) is 13.5 Å². The molecule has 5 rings (SSSR count). The second-order valence-corrected chi connectivity index (χ2v) is 7.13. The van der Waals surface area contributed by atoms with Crippen LogP contribution >= 0.6 is 0 Å². The van der Waals surface area contributed by atoms with Crippen LogP contribution in [0.2, 0.25) is 0 Å². The number of aryl methyl sites for hydroxylation is 1. The van der Waals surface area contributed by atoms with Gasteiger partial charge in [-0.05, 0) is 43.3 Å². The van der Waals surface area contributed by atoms with Crippen LogP contribution in [0.15, 0.2) is 53.1 Å². The SMILES string of the molecule is Cc1noc2nc(-c3ccc(F)cc3)cc(C(=O)NCc3cccc4c3OCCO4)c12. The summed E-state index contributed by atoms with van der Waals surface area (Å²) in [5.41, 5.74) is 3.16. The van der Waals surface area contributed by atoms with Gasteiger partial charge in [0.15, 0.2) is 11.5 Å². The molecule has 3 heterocycles. The minimum absolute atomic E-state index is 0.248. The first kappa shape index (κ1) is 19.0. The molecule has 7 nitrogen and oxygen atoms in total. The van der Waals surface area contributed by atoms with Gasteiger partial charge in [-0.15, -0.1) is 0 Å². The van der Waals surface area contributed by atoms with Crippen molar-refractivity contribution in [3.8, 4) is 22.8 Å². The smallest absolute Gasteiger partial charge is 0.259 e. The molecule has 0 fully saturated rings. The summed E-state index contributed by atoms with van der Waals surface area (Å²) in [5, 5.41) is 7.42. The summed E-state index contributed by atoms with van der Waals surface area (Å²) >= 11 is 0. The van der Waals surface area contributed by atoms with Gasteiger partial charge in [0.05, 0.1) is 22.3 Å². The van der Waals surface area contributed by atoms with Crippen molar-refractivity contribution in [2.24, 2.45) is 0 Å². The molecule has 8 heteroatoms. The standard InChI is InChI=1S/C23H18FN3O4/c1-13-20-17(11-18(26-23(20)31-27-13)14-5-7-16(24)8-6-14)22(28)25-12-15-3-2-4-19-21(15)30-10-9-29-19/h2-8,11H,9-10,12H2,1H3,(H,25,28). The van der Waals surface area contributed by atoms with Gasteiger partial charge in [-0.1, -0.05) is 17.3 Å². The van der Waals surface area contributed by atoms with Crippen LogP contribution in [0.4, 0.5) is 4.39 Å². The minimum atomic E-state index is -0.351. The van der Waals surface area contributed by atoms with E-state index in [0.29, 0.717) is 52.6 Å².